The van der Waals surface area contributed by atoms with Crippen LogP contribution >= 0.6 is 11.6 Å². The van der Waals surface area contributed by atoms with Gasteiger partial charge < -0.3 is 9.73 Å². The van der Waals surface area contributed by atoms with Gasteiger partial charge in [0.1, 0.15) is 10.7 Å². The van der Waals surface area contributed by atoms with Crippen LogP contribution in [-0.4, -0.2) is 20.6 Å². The van der Waals surface area contributed by atoms with Crippen LogP contribution in [0.2, 0.25) is 5.02 Å². The van der Waals surface area contributed by atoms with Crippen LogP contribution in [0.1, 0.15) is 17.0 Å². The first-order valence-electron chi connectivity index (χ1n) is 7.93. The standard InChI is InChI=1S/C18H15ClN4O4/c1-12-10-16(21-22(12)11-13-2-4-14(19)5-3-13)20-17(24)8-6-15-7-9-18(27-15)23(25)26/h2-10H,11H2,1H3,(H,20,21,24)/b8-6+. The zero-order valence-corrected chi connectivity index (χ0v) is 15.0. The molecule has 8 nitrogen and oxygen atoms in total. The molecule has 0 aliphatic carbocycles. The number of hydrogen-bond acceptors (Lipinski definition) is 5. The second-order valence-electron chi connectivity index (χ2n) is 5.71. The lowest BCUT2D eigenvalue weighted by molar-refractivity contribution is -0.402. The quantitative estimate of drug-likeness (QED) is 0.391. The molecule has 0 aliphatic heterocycles. The van der Waals surface area contributed by atoms with E-state index in [9.17, 15) is 14.9 Å². The first-order chi connectivity index (χ1) is 12.9. The van der Waals surface area contributed by atoms with E-state index in [2.05, 4.69) is 10.4 Å². The highest BCUT2D eigenvalue weighted by atomic mass is 35.5. The Kier molecular flexibility index (Phi) is 5.37. The zero-order chi connectivity index (χ0) is 19.4. The third-order valence-corrected chi connectivity index (χ3v) is 3.92. The fourth-order valence-corrected chi connectivity index (χ4v) is 2.48. The molecule has 1 N–H and O–H groups in total. The Hall–Kier alpha value is -3.39. The molecular formula is C18H15ClN4O4. The minimum Gasteiger partial charge on any atom is -0.401 e. The minimum atomic E-state index is -0.645. The van der Waals surface area contributed by atoms with Crippen LogP contribution < -0.4 is 5.32 Å². The molecule has 0 atom stereocenters. The average molecular weight is 387 g/mol. The Morgan fingerprint density at radius 3 is 2.74 bits per heavy atom. The summed E-state index contributed by atoms with van der Waals surface area (Å²) >= 11 is 5.88. The summed E-state index contributed by atoms with van der Waals surface area (Å²) in [5, 5.41) is 18.2. The summed E-state index contributed by atoms with van der Waals surface area (Å²) in [6.07, 6.45) is 2.57. The molecule has 27 heavy (non-hydrogen) atoms. The molecule has 0 radical (unpaired) electrons. The smallest absolute Gasteiger partial charge is 0.401 e. The molecule has 0 spiro atoms. The molecule has 2 aromatic heterocycles. The number of benzene rings is 1. The number of aromatic nitrogens is 2. The number of hydrogen-bond donors (Lipinski definition) is 1. The van der Waals surface area contributed by atoms with E-state index in [-0.39, 0.29) is 11.6 Å². The molecule has 0 saturated carbocycles. The van der Waals surface area contributed by atoms with Gasteiger partial charge in [0, 0.05) is 22.9 Å². The molecule has 0 bridgehead atoms. The third-order valence-electron chi connectivity index (χ3n) is 3.67. The van der Waals surface area contributed by atoms with Crippen LogP contribution in [0.15, 0.2) is 53.0 Å². The summed E-state index contributed by atoms with van der Waals surface area (Å²) in [6, 6.07) is 11.8. The lowest BCUT2D eigenvalue weighted by Crippen LogP contribution is -2.09. The molecule has 0 saturated heterocycles. The van der Waals surface area contributed by atoms with E-state index in [0.29, 0.717) is 17.4 Å². The van der Waals surface area contributed by atoms with Crippen LogP contribution in [0.4, 0.5) is 11.7 Å². The Labute approximate surface area is 159 Å². The van der Waals surface area contributed by atoms with Crippen LogP contribution in [0, 0.1) is 17.0 Å². The predicted octanol–water partition coefficient (Wildman–Crippen LogP) is 4.05. The van der Waals surface area contributed by atoms with E-state index in [0.717, 1.165) is 11.3 Å². The van der Waals surface area contributed by atoms with Crippen molar-refractivity contribution in [3.8, 4) is 0 Å². The van der Waals surface area contributed by atoms with Gasteiger partial charge in [-0.1, -0.05) is 23.7 Å². The van der Waals surface area contributed by atoms with Gasteiger partial charge in [0.15, 0.2) is 5.82 Å². The van der Waals surface area contributed by atoms with Crippen LogP contribution in [0.25, 0.3) is 6.08 Å². The van der Waals surface area contributed by atoms with Crippen molar-refractivity contribution >= 4 is 35.3 Å². The van der Waals surface area contributed by atoms with Crippen molar-refractivity contribution < 1.29 is 14.1 Å². The van der Waals surface area contributed by atoms with E-state index < -0.39 is 10.8 Å². The third kappa shape index (κ3) is 4.83. The van der Waals surface area contributed by atoms with Crippen molar-refractivity contribution in [2.45, 2.75) is 13.5 Å². The van der Waals surface area contributed by atoms with Gasteiger partial charge in [-0.25, -0.2) is 0 Å². The first-order valence-corrected chi connectivity index (χ1v) is 8.31. The highest BCUT2D eigenvalue weighted by Crippen LogP contribution is 2.17. The molecule has 1 aromatic carbocycles. The van der Waals surface area contributed by atoms with Crippen molar-refractivity contribution in [1.82, 2.24) is 9.78 Å². The van der Waals surface area contributed by atoms with Gasteiger partial charge >= 0.3 is 5.88 Å². The van der Waals surface area contributed by atoms with Crippen LogP contribution in [-0.2, 0) is 11.3 Å². The number of aryl methyl sites for hydroxylation is 1. The van der Waals surface area contributed by atoms with Crippen molar-refractivity contribution in [3.05, 3.63) is 80.7 Å². The zero-order valence-electron chi connectivity index (χ0n) is 14.3. The Morgan fingerprint density at radius 2 is 2.07 bits per heavy atom. The Morgan fingerprint density at radius 1 is 1.33 bits per heavy atom. The Balaban J connectivity index is 1.63. The molecule has 0 aliphatic rings. The molecule has 9 heteroatoms. The summed E-state index contributed by atoms with van der Waals surface area (Å²) in [7, 11) is 0. The number of carbonyl (C=O) groups is 1. The van der Waals surface area contributed by atoms with Crippen LogP contribution in [0.3, 0.4) is 0 Å². The largest absolute Gasteiger partial charge is 0.433 e. The summed E-state index contributed by atoms with van der Waals surface area (Å²) in [6.45, 7) is 2.43. The maximum Gasteiger partial charge on any atom is 0.433 e. The van der Waals surface area contributed by atoms with Gasteiger partial charge in [-0.05, 0) is 36.8 Å². The van der Waals surface area contributed by atoms with E-state index >= 15 is 0 Å². The van der Waals surface area contributed by atoms with Crippen molar-refractivity contribution in [3.63, 3.8) is 0 Å². The van der Waals surface area contributed by atoms with Gasteiger partial charge in [-0.3, -0.25) is 19.6 Å². The molecule has 0 fully saturated rings. The summed E-state index contributed by atoms with van der Waals surface area (Å²) < 4.78 is 6.71. The maximum absolute atomic E-state index is 12.0. The summed E-state index contributed by atoms with van der Waals surface area (Å²) in [5.74, 6) is -0.195. The monoisotopic (exact) mass is 386 g/mol. The van der Waals surface area contributed by atoms with E-state index in [1.54, 1.807) is 10.7 Å². The van der Waals surface area contributed by atoms with Gasteiger partial charge in [0.05, 0.1) is 12.6 Å². The normalized spacial score (nSPS) is 11.0. The molecule has 3 aromatic rings. The number of furan rings is 1. The van der Waals surface area contributed by atoms with E-state index in [1.165, 1.54) is 24.3 Å². The van der Waals surface area contributed by atoms with E-state index in [1.807, 2.05) is 31.2 Å². The number of nitrogens with zero attached hydrogens (tertiary/aromatic N) is 3. The highest BCUT2D eigenvalue weighted by molar-refractivity contribution is 6.30. The van der Waals surface area contributed by atoms with Crippen molar-refractivity contribution in [1.29, 1.82) is 0 Å². The number of carbonyl (C=O) groups excluding carboxylic acids is 1. The lowest BCUT2D eigenvalue weighted by Gasteiger charge is -2.04. The van der Waals surface area contributed by atoms with Crippen LogP contribution in [0.5, 0.6) is 0 Å². The fraction of sp³-hybridized carbons (Fsp3) is 0.111. The fourth-order valence-electron chi connectivity index (χ4n) is 2.35. The lowest BCUT2D eigenvalue weighted by atomic mass is 10.2. The number of rotatable bonds is 6. The Bertz CT molecular complexity index is 1000. The molecule has 1 amide bonds. The summed E-state index contributed by atoms with van der Waals surface area (Å²) in [4.78, 5) is 21.9. The SMILES string of the molecule is Cc1cc(NC(=O)/C=C/c2ccc([N+](=O)[O-])o2)nn1Cc1ccc(Cl)cc1. The maximum atomic E-state index is 12.0. The van der Waals surface area contributed by atoms with Gasteiger partial charge in [-0.15, -0.1) is 0 Å². The van der Waals surface area contributed by atoms with E-state index in [4.69, 9.17) is 16.0 Å². The minimum absolute atomic E-state index is 0.210. The summed E-state index contributed by atoms with van der Waals surface area (Å²) in [5.41, 5.74) is 1.91. The second kappa shape index (κ2) is 7.88. The molecule has 138 valence electrons. The average Bonchev–Trinajstić information content (AvgIpc) is 3.22. The van der Waals surface area contributed by atoms with Gasteiger partial charge in [-0.2, -0.15) is 5.10 Å². The molecular weight excluding hydrogens is 372 g/mol. The predicted molar refractivity (Wildman–Crippen MR) is 101 cm³/mol. The number of nitro groups is 1. The van der Waals surface area contributed by atoms with Gasteiger partial charge in [0.25, 0.3) is 0 Å². The van der Waals surface area contributed by atoms with Gasteiger partial charge in [0.2, 0.25) is 5.91 Å². The number of halogens is 1. The van der Waals surface area contributed by atoms with Crippen molar-refractivity contribution in [2.75, 3.05) is 5.32 Å². The molecule has 3 rings (SSSR count). The number of amides is 1. The second-order valence-corrected chi connectivity index (χ2v) is 6.15. The number of anilines is 1. The number of nitrogens with one attached hydrogen (secondary N) is 1. The topological polar surface area (TPSA) is 103 Å². The van der Waals surface area contributed by atoms with Crippen molar-refractivity contribution in [2.24, 2.45) is 0 Å². The molecule has 0 unspecified atom stereocenters. The highest BCUT2D eigenvalue weighted by Gasteiger charge is 2.11. The molecule has 2 heterocycles. The first kappa shape index (κ1) is 18.4.